The predicted octanol–water partition coefficient (Wildman–Crippen LogP) is 3.65. The zero-order chi connectivity index (χ0) is 18.1. The average molecular weight is 349 g/mol. The molecule has 0 aliphatic carbocycles. The molecule has 0 aromatic heterocycles. The molecule has 4 nitrogen and oxygen atoms in total. The predicted molar refractivity (Wildman–Crippen MR) is 106 cm³/mol. The van der Waals surface area contributed by atoms with Crippen LogP contribution in [0.15, 0.2) is 53.5 Å². The standard InChI is InChI=1S/C22H27N3O/c1-16-7-9-17(10-8-16)19-15-20(18-5-3-4-6-21(18)26)24-22(23-19)11-13-25(2)14-12-22/h3-10,19,23,26H,11-15H2,1-2H3. The highest BCUT2D eigenvalue weighted by Gasteiger charge is 2.39. The fourth-order valence-corrected chi connectivity index (χ4v) is 4.04. The van der Waals surface area contributed by atoms with Crippen molar-refractivity contribution in [2.75, 3.05) is 20.1 Å². The highest BCUT2D eigenvalue weighted by molar-refractivity contribution is 6.03. The molecule has 2 aliphatic heterocycles. The number of aryl methyl sites for hydroxylation is 1. The Labute approximate surface area is 155 Å². The summed E-state index contributed by atoms with van der Waals surface area (Å²) in [5.74, 6) is 0.318. The number of likely N-dealkylation sites (tertiary alicyclic amines) is 1. The highest BCUT2D eigenvalue weighted by Crippen LogP contribution is 2.36. The Hall–Kier alpha value is -2.17. The lowest BCUT2D eigenvalue weighted by molar-refractivity contribution is 0.144. The SMILES string of the molecule is Cc1ccc(C2CC(c3ccccc3O)=NC3(CCN(C)CC3)N2)cc1. The first-order valence-corrected chi connectivity index (χ1v) is 9.45. The molecule has 2 N–H and O–H groups in total. The Morgan fingerprint density at radius 1 is 1.08 bits per heavy atom. The molecule has 4 rings (SSSR count). The minimum absolute atomic E-state index is 0.214. The number of piperidine rings is 1. The fourth-order valence-electron chi connectivity index (χ4n) is 4.04. The van der Waals surface area contributed by atoms with Gasteiger partial charge in [-0.3, -0.25) is 10.3 Å². The molecule has 1 unspecified atom stereocenters. The molecule has 1 fully saturated rings. The molecule has 1 saturated heterocycles. The number of para-hydroxylation sites is 1. The van der Waals surface area contributed by atoms with Gasteiger partial charge < -0.3 is 10.0 Å². The van der Waals surface area contributed by atoms with E-state index in [1.807, 2.05) is 18.2 Å². The fraction of sp³-hybridized carbons (Fsp3) is 0.409. The van der Waals surface area contributed by atoms with Crippen molar-refractivity contribution in [1.82, 2.24) is 10.2 Å². The number of nitrogens with zero attached hydrogens (tertiary/aromatic N) is 2. The van der Waals surface area contributed by atoms with Crippen LogP contribution in [0.4, 0.5) is 0 Å². The van der Waals surface area contributed by atoms with Crippen LogP contribution >= 0.6 is 0 Å². The van der Waals surface area contributed by atoms with E-state index in [0.717, 1.165) is 43.6 Å². The van der Waals surface area contributed by atoms with Crippen LogP contribution in [0.3, 0.4) is 0 Å². The maximum atomic E-state index is 10.4. The van der Waals surface area contributed by atoms with Gasteiger partial charge in [-0.25, -0.2) is 0 Å². The number of hydrogen-bond donors (Lipinski definition) is 2. The Morgan fingerprint density at radius 2 is 1.77 bits per heavy atom. The number of nitrogens with one attached hydrogen (secondary N) is 1. The van der Waals surface area contributed by atoms with Gasteiger partial charge in [0.15, 0.2) is 0 Å². The molecule has 26 heavy (non-hydrogen) atoms. The second-order valence-corrected chi connectivity index (χ2v) is 7.72. The van der Waals surface area contributed by atoms with E-state index in [4.69, 9.17) is 4.99 Å². The molecule has 2 aromatic carbocycles. The molecule has 2 heterocycles. The van der Waals surface area contributed by atoms with Crippen molar-refractivity contribution in [1.29, 1.82) is 0 Å². The van der Waals surface area contributed by atoms with Crippen LogP contribution in [0.25, 0.3) is 0 Å². The van der Waals surface area contributed by atoms with Gasteiger partial charge in [0.25, 0.3) is 0 Å². The summed E-state index contributed by atoms with van der Waals surface area (Å²) in [4.78, 5) is 7.51. The monoisotopic (exact) mass is 349 g/mol. The molecule has 1 spiro atoms. The van der Waals surface area contributed by atoms with Gasteiger partial charge in [-0.05, 0) is 44.5 Å². The molecule has 0 amide bonds. The van der Waals surface area contributed by atoms with E-state index in [2.05, 4.69) is 48.5 Å². The van der Waals surface area contributed by atoms with Crippen LogP contribution in [0.2, 0.25) is 0 Å². The second-order valence-electron chi connectivity index (χ2n) is 7.72. The molecule has 2 aliphatic rings. The van der Waals surface area contributed by atoms with E-state index in [1.165, 1.54) is 11.1 Å². The van der Waals surface area contributed by atoms with Gasteiger partial charge in [0.1, 0.15) is 11.4 Å². The normalized spacial score (nSPS) is 23.0. The topological polar surface area (TPSA) is 47.9 Å². The Balaban J connectivity index is 1.73. The van der Waals surface area contributed by atoms with E-state index >= 15 is 0 Å². The van der Waals surface area contributed by atoms with Crippen molar-refractivity contribution in [2.45, 2.75) is 37.9 Å². The zero-order valence-corrected chi connectivity index (χ0v) is 15.6. The molecule has 136 valence electrons. The van der Waals surface area contributed by atoms with Crippen LogP contribution in [0.1, 0.15) is 42.0 Å². The van der Waals surface area contributed by atoms with E-state index < -0.39 is 0 Å². The Morgan fingerprint density at radius 3 is 2.46 bits per heavy atom. The first-order chi connectivity index (χ1) is 12.5. The minimum Gasteiger partial charge on any atom is -0.507 e. The number of phenols is 1. The summed E-state index contributed by atoms with van der Waals surface area (Å²) in [6, 6.07) is 16.5. The largest absolute Gasteiger partial charge is 0.507 e. The first kappa shape index (κ1) is 17.3. The van der Waals surface area contributed by atoms with Gasteiger partial charge in [0.05, 0.1) is 0 Å². The molecule has 0 bridgehead atoms. The number of hydrogen-bond acceptors (Lipinski definition) is 4. The quantitative estimate of drug-likeness (QED) is 0.870. The highest BCUT2D eigenvalue weighted by atomic mass is 16.3. The summed E-state index contributed by atoms with van der Waals surface area (Å²) in [5, 5.41) is 14.2. The first-order valence-electron chi connectivity index (χ1n) is 9.45. The molecular formula is C22H27N3O. The van der Waals surface area contributed by atoms with E-state index in [-0.39, 0.29) is 11.7 Å². The van der Waals surface area contributed by atoms with E-state index in [9.17, 15) is 5.11 Å². The molecule has 0 saturated carbocycles. The number of rotatable bonds is 2. The summed E-state index contributed by atoms with van der Waals surface area (Å²) in [6.45, 7) is 4.18. The van der Waals surface area contributed by atoms with Crippen molar-refractivity contribution in [3.05, 3.63) is 65.2 Å². The van der Waals surface area contributed by atoms with Crippen LogP contribution in [0, 0.1) is 6.92 Å². The number of aliphatic imine (C=N–C) groups is 1. The lowest BCUT2D eigenvalue weighted by Crippen LogP contribution is -2.55. The van der Waals surface area contributed by atoms with E-state index in [1.54, 1.807) is 6.07 Å². The van der Waals surface area contributed by atoms with Gasteiger partial charge in [-0.15, -0.1) is 0 Å². The van der Waals surface area contributed by atoms with E-state index in [0.29, 0.717) is 5.75 Å². The molecule has 2 aromatic rings. The second kappa shape index (κ2) is 6.86. The van der Waals surface area contributed by atoms with Crippen LogP contribution in [-0.4, -0.2) is 41.5 Å². The lowest BCUT2D eigenvalue weighted by atomic mass is 9.87. The summed E-state index contributed by atoms with van der Waals surface area (Å²) in [7, 11) is 2.17. The van der Waals surface area contributed by atoms with Gasteiger partial charge in [0, 0.05) is 36.8 Å². The van der Waals surface area contributed by atoms with Crippen molar-refractivity contribution in [2.24, 2.45) is 4.99 Å². The number of benzene rings is 2. The lowest BCUT2D eigenvalue weighted by Gasteiger charge is -2.44. The van der Waals surface area contributed by atoms with Crippen molar-refractivity contribution in [3.63, 3.8) is 0 Å². The summed E-state index contributed by atoms with van der Waals surface area (Å²) in [5.41, 5.74) is 4.20. The maximum absolute atomic E-state index is 10.4. The summed E-state index contributed by atoms with van der Waals surface area (Å²) in [6.07, 6.45) is 2.77. The Bertz CT molecular complexity index is 804. The molecule has 0 radical (unpaired) electrons. The maximum Gasteiger partial charge on any atom is 0.124 e. The molecule has 4 heteroatoms. The van der Waals surface area contributed by atoms with Crippen LogP contribution in [-0.2, 0) is 0 Å². The minimum atomic E-state index is -0.238. The zero-order valence-electron chi connectivity index (χ0n) is 15.6. The van der Waals surface area contributed by atoms with Gasteiger partial charge in [-0.1, -0.05) is 42.0 Å². The van der Waals surface area contributed by atoms with Crippen LogP contribution < -0.4 is 5.32 Å². The summed E-state index contributed by atoms with van der Waals surface area (Å²) < 4.78 is 0. The average Bonchev–Trinajstić information content (AvgIpc) is 2.65. The molecular weight excluding hydrogens is 322 g/mol. The molecule has 1 atom stereocenters. The number of phenolic OH excluding ortho intramolecular Hbond substituents is 1. The van der Waals surface area contributed by atoms with Crippen molar-refractivity contribution >= 4 is 5.71 Å². The van der Waals surface area contributed by atoms with Gasteiger partial charge >= 0.3 is 0 Å². The van der Waals surface area contributed by atoms with Crippen molar-refractivity contribution < 1.29 is 5.11 Å². The van der Waals surface area contributed by atoms with Crippen LogP contribution in [0.5, 0.6) is 5.75 Å². The summed E-state index contributed by atoms with van der Waals surface area (Å²) >= 11 is 0. The third-order valence-electron chi connectivity index (χ3n) is 5.70. The Kier molecular flexibility index (Phi) is 4.55. The third-order valence-corrected chi connectivity index (χ3v) is 5.70. The van der Waals surface area contributed by atoms with Crippen molar-refractivity contribution in [3.8, 4) is 5.75 Å². The van der Waals surface area contributed by atoms with Gasteiger partial charge in [0.2, 0.25) is 0 Å². The third kappa shape index (κ3) is 3.39. The van der Waals surface area contributed by atoms with Gasteiger partial charge in [-0.2, -0.15) is 0 Å². The number of aromatic hydroxyl groups is 1. The smallest absolute Gasteiger partial charge is 0.124 e.